The number of hydrogen-bond acceptors (Lipinski definition) is 2. The zero-order valence-corrected chi connectivity index (χ0v) is 12.2. The van der Waals surface area contributed by atoms with Crippen molar-refractivity contribution in [3.63, 3.8) is 0 Å². The van der Waals surface area contributed by atoms with E-state index < -0.39 is 0 Å². The van der Waals surface area contributed by atoms with Gasteiger partial charge >= 0.3 is 0 Å². The molecule has 0 spiro atoms. The smallest absolute Gasteiger partial charge is 0.193 e. The molecule has 0 saturated heterocycles. The molecule has 0 unspecified atom stereocenters. The summed E-state index contributed by atoms with van der Waals surface area (Å²) in [6, 6.07) is 10.9. The Morgan fingerprint density at radius 3 is 2.86 bits per heavy atom. The van der Waals surface area contributed by atoms with E-state index in [1.54, 1.807) is 6.07 Å². The normalized spacial score (nSPS) is 11.7. The van der Waals surface area contributed by atoms with Gasteiger partial charge in [0.2, 0.25) is 0 Å². The molecule has 0 aliphatic heterocycles. The number of nitrogens with two attached hydrogens (primary N) is 1. The van der Waals surface area contributed by atoms with Crippen molar-refractivity contribution in [2.24, 2.45) is 10.7 Å². The Hall–Kier alpha value is -2.43. The van der Waals surface area contributed by atoms with Crippen LogP contribution < -0.4 is 11.1 Å². The van der Waals surface area contributed by atoms with E-state index in [0.717, 1.165) is 5.69 Å². The van der Waals surface area contributed by atoms with Crippen LogP contribution in [0.1, 0.15) is 31.0 Å². The van der Waals surface area contributed by atoms with Gasteiger partial charge in [-0.1, -0.05) is 26.0 Å². The van der Waals surface area contributed by atoms with Crippen molar-refractivity contribution in [2.45, 2.75) is 26.3 Å². The molecule has 0 aliphatic rings. The van der Waals surface area contributed by atoms with Gasteiger partial charge in [0.05, 0.1) is 12.2 Å². The largest absolute Gasteiger partial charge is 0.370 e. The number of benzene rings is 1. The molecule has 0 fully saturated rings. The molecule has 2 rings (SSSR count). The predicted octanol–water partition coefficient (Wildman–Crippen LogP) is 3.27. The predicted molar refractivity (Wildman–Crippen MR) is 83.7 cm³/mol. The van der Waals surface area contributed by atoms with E-state index in [-0.39, 0.29) is 24.0 Å². The summed E-state index contributed by atoms with van der Waals surface area (Å²) < 4.78 is 13.4. The maximum atomic E-state index is 13.4. The average molecular weight is 286 g/mol. The van der Waals surface area contributed by atoms with E-state index in [4.69, 9.17) is 5.73 Å². The van der Waals surface area contributed by atoms with Gasteiger partial charge in [-0.05, 0) is 35.7 Å². The van der Waals surface area contributed by atoms with Crippen molar-refractivity contribution in [3.8, 4) is 0 Å². The molecule has 110 valence electrons. The van der Waals surface area contributed by atoms with Crippen LogP contribution in [0.15, 0.2) is 47.6 Å². The van der Waals surface area contributed by atoms with E-state index in [2.05, 4.69) is 35.2 Å². The number of guanidine groups is 1. The molecule has 21 heavy (non-hydrogen) atoms. The van der Waals surface area contributed by atoms with E-state index in [9.17, 15) is 4.39 Å². The summed E-state index contributed by atoms with van der Waals surface area (Å²) in [7, 11) is 0. The van der Waals surface area contributed by atoms with Crippen LogP contribution >= 0.6 is 0 Å². The third-order valence-corrected chi connectivity index (χ3v) is 3.06. The number of nitrogens with one attached hydrogen (secondary N) is 1. The second-order valence-electron chi connectivity index (χ2n) is 5.04. The monoisotopic (exact) mass is 286 g/mol. The standard InChI is InChI=1S/C16H19FN4/c1-11(2)12-5-3-6-13(9-12)21-16(18)20-10-15-14(17)7-4-8-19-15/h3-9,11H,10H2,1-2H3,(H3,18,20,21). The first-order valence-electron chi connectivity index (χ1n) is 6.82. The van der Waals surface area contributed by atoms with Gasteiger partial charge in [0.15, 0.2) is 5.96 Å². The molecule has 1 aromatic carbocycles. The molecule has 2 aromatic rings. The summed E-state index contributed by atoms with van der Waals surface area (Å²) in [5.41, 5.74) is 8.17. The first kappa shape index (κ1) is 15.0. The summed E-state index contributed by atoms with van der Waals surface area (Å²) in [6.07, 6.45) is 1.53. The highest BCUT2D eigenvalue weighted by molar-refractivity contribution is 5.92. The fraction of sp³-hybridized carbons (Fsp3) is 0.250. The van der Waals surface area contributed by atoms with Crippen molar-refractivity contribution in [2.75, 3.05) is 5.32 Å². The van der Waals surface area contributed by atoms with E-state index in [1.807, 2.05) is 18.2 Å². The van der Waals surface area contributed by atoms with E-state index >= 15 is 0 Å². The summed E-state index contributed by atoms with van der Waals surface area (Å²) in [4.78, 5) is 8.04. The molecule has 1 heterocycles. The van der Waals surface area contributed by atoms with Gasteiger partial charge < -0.3 is 11.1 Å². The molecule has 0 amide bonds. The first-order valence-corrected chi connectivity index (χ1v) is 6.82. The zero-order valence-electron chi connectivity index (χ0n) is 12.2. The molecule has 0 radical (unpaired) electrons. The number of nitrogens with zero attached hydrogens (tertiary/aromatic N) is 2. The minimum Gasteiger partial charge on any atom is -0.370 e. The lowest BCUT2D eigenvalue weighted by Gasteiger charge is -2.10. The first-order chi connectivity index (χ1) is 10.1. The Morgan fingerprint density at radius 2 is 2.14 bits per heavy atom. The van der Waals surface area contributed by atoms with Crippen molar-refractivity contribution < 1.29 is 4.39 Å². The number of aliphatic imine (C=N–C) groups is 1. The van der Waals surface area contributed by atoms with Crippen LogP contribution in [0.2, 0.25) is 0 Å². The van der Waals surface area contributed by atoms with Gasteiger partial charge in [0.25, 0.3) is 0 Å². The van der Waals surface area contributed by atoms with Crippen LogP contribution in [0.25, 0.3) is 0 Å². The highest BCUT2D eigenvalue weighted by Crippen LogP contribution is 2.18. The second-order valence-corrected chi connectivity index (χ2v) is 5.04. The van der Waals surface area contributed by atoms with Crippen LogP contribution in [0.5, 0.6) is 0 Å². The van der Waals surface area contributed by atoms with E-state index in [1.165, 1.54) is 17.8 Å². The van der Waals surface area contributed by atoms with Gasteiger partial charge in [0, 0.05) is 11.9 Å². The number of pyridine rings is 1. The summed E-state index contributed by atoms with van der Waals surface area (Å²) in [5, 5.41) is 3.00. The topological polar surface area (TPSA) is 63.3 Å². The van der Waals surface area contributed by atoms with Crippen molar-refractivity contribution in [3.05, 3.63) is 59.7 Å². The Morgan fingerprint density at radius 1 is 1.33 bits per heavy atom. The van der Waals surface area contributed by atoms with Gasteiger partial charge in [-0.3, -0.25) is 4.98 Å². The Labute approximate surface area is 123 Å². The van der Waals surface area contributed by atoms with Crippen LogP contribution in [0.4, 0.5) is 10.1 Å². The van der Waals surface area contributed by atoms with Crippen LogP contribution in [0, 0.1) is 5.82 Å². The van der Waals surface area contributed by atoms with Crippen LogP contribution in [0.3, 0.4) is 0 Å². The molecular formula is C16H19FN4. The minimum absolute atomic E-state index is 0.107. The molecule has 3 N–H and O–H groups in total. The lowest BCUT2D eigenvalue weighted by molar-refractivity contribution is 0.600. The Bertz CT molecular complexity index is 638. The molecule has 0 saturated carbocycles. The average Bonchev–Trinajstić information content (AvgIpc) is 2.46. The third-order valence-electron chi connectivity index (χ3n) is 3.06. The molecule has 1 aromatic heterocycles. The molecule has 0 bridgehead atoms. The summed E-state index contributed by atoms with van der Waals surface area (Å²) in [6.45, 7) is 4.36. The third kappa shape index (κ3) is 4.27. The van der Waals surface area contributed by atoms with Gasteiger partial charge in [-0.25, -0.2) is 9.38 Å². The number of rotatable bonds is 4. The maximum Gasteiger partial charge on any atom is 0.193 e. The number of hydrogen-bond donors (Lipinski definition) is 2. The van der Waals surface area contributed by atoms with Crippen LogP contribution in [-0.2, 0) is 6.54 Å². The molecule has 0 atom stereocenters. The SMILES string of the molecule is CC(C)c1cccc(NC(N)=NCc2ncccc2F)c1. The summed E-state index contributed by atoms with van der Waals surface area (Å²) in [5.74, 6) is 0.296. The molecule has 0 aliphatic carbocycles. The van der Waals surface area contributed by atoms with Crippen LogP contribution in [-0.4, -0.2) is 10.9 Å². The highest BCUT2D eigenvalue weighted by Gasteiger charge is 2.03. The van der Waals surface area contributed by atoms with Crippen molar-refractivity contribution in [1.29, 1.82) is 0 Å². The molecule has 5 heteroatoms. The fourth-order valence-corrected chi connectivity index (χ4v) is 1.86. The zero-order chi connectivity index (χ0) is 15.2. The van der Waals surface area contributed by atoms with E-state index in [0.29, 0.717) is 5.92 Å². The van der Waals surface area contributed by atoms with Gasteiger partial charge in [0.1, 0.15) is 5.82 Å². The number of anilines is 1. The second kappa shape index (κ2) is 6.83. The quantitative estimate of drug-likeness (QED) is 0.669. The lowest BCUT2D eigenvalue weighted by Crippen LogP contribution is -2.22. The minimum atomic E-state index is -0.379. The fourth-order valence-electron chi connectivity index (χ4n) is 1.86. The molecule has 4 nitrogen and oxygen atoms in total. The Kier molecular flexibility index (Phi) is 4.87. The van der Waals surface area contributed by atoms with Crippen molar-refractivity contribution in [1.82, 2.24) is 4.98 Å². The van der Waals surface area contributed by atoms with Gasteiger partial charge in [-0.15, -0.1) is 0 Å². The molecular weight excluding hydrogens is 267 g/mol. The van der Waals surface area contributed by atoms with Gasteiger partial charge in [-0.2, -0.15) is 0 Å². The number of halogens is 1. The summed E-state index contributed by atoms with van der Waals surface area (Å²) >= 11 is 0. The highest BCUT2D eigenvalue weighted by atomic mass is 19.1. The maximum absolute atomic E-state index is 13.4. The Balaban J connectivity index is 2.04. The van der Waals surface area contributed by atoms with Crippen molar-refractivity contribution >= 4 is 11.6 Å². The number of aromatic nitrogens is 1. The lowest BCUT2D eigenvalue weighted by atomic mass is 10.0.